The summed E-state index contributed by atoms with van der Waals surface area (Å²) in [6, 6.07) is 12.7. The molecule has 14 heteroatoms. The van der Waals surface area contributed by atoms with Crippen molar-refractivity contribution in [3.05, 3.63) is 70.6 Å². The van der Waals surface area contributed by atoms with Gasteiger partial charge in [-0.1, -0.05) is 36.2 Å². The first-order valence-corrected chi connectivity index (χ1v) is 15.0. The van der Waals surface area contributed by atoms with Crippen molar-refractivity contribution in [2.75, 3.05) is 36.5 Å². The van der Waals surface area contributed by atoms with Crippen LogP contribution in [0.15, 0.2) is 59.8 Å². The number of alkyl halides is 3. The summed E-state index contributed by atoms with van der Waals surface area (Å²) < 4.78 is 53.7. The number of rotatable bonds is 8. The van der Waals surface area contributed by atoms with E-state index in [0.29, 0.717) is 11.4 Å². The number of hydrogen-bond acceptors (Lipinski definition) is 7. The van der Waals surface area contributed by atoms with Gasteiger partial charge in [0.05, 0.1) is 22.8 Å². The molecule has 43 heavy (non-hydrogen) atoms. The molecule has 1 fully saturated rings. The first-order chi connectivity index (χ1) is 20.4. The Bertz CT molecular complexity index is 1420. The number of hydroxylamine groups is 2. The molecule has 2 aromatic rings. The summed E-state index contributed by atoms with van der Waals surface area (Å²) in [6.45, 7) is 0.218. The van der Waals surface area contributed by atoms with Gasteiger partial charge in [-0.25, -0.2) is 9.18 Å². The molecule has 2 aliphatic heterocycles. The summed E-state index contributed by atoms with van der Waals surface area (Å²) in [5.74, 6) is -3.69. The topological polar surface area (TPSA) is 73.4 Å². The fraction of sp³-hybridized carbons (Fsp3) is 0.414. The SMILES string of the molecule is CN(CCC(=O)N1CCC2=C(C1)C(=O)N(c1ccccc1)C(SC1CCC1)N2OC(=O)C(F)(F)F)c1ccc(F)c(Cl)c1. The lowest BCUT2D eigenvalue weighted by Gasteiger charge is -2.48. The molecule has 5 rings (SSSR count). The number of anilines is 2. The van der Waals surface area contributed by atoms with Gasteiger partial charge in [-0.05, 0) is 43.2 Å². The molecular weight excluding hydrogens is 612 g/mol. The lowest BCUT2D eigenvalue weighted by atomic mass is 10.00. The van der Waals surface area contributed by atoms with E-state index in [4.69, 9.17) is 16.4 Å². The van der Waals surface area contributed by atoms with Gasteiger partial charge >= 0.3 is 12.1 Å². The highest BCUT2D eigenvalue weighted by molar-refractivity contribution is 8.00. The van der Waals surface area contributed by atoms with Crippen LogP contribution in [0.25, 0.3) is 0 Å². The number of hydrogen-bond donors (Lipinski definition) is 0. The molecule has 8 nitrogen and oxygen atoms in total. The fourth-order valence-corrected chi connectivity index (χ4v) is 6.77. The third-order valence-electron chi connectivity index (χ3n) is 7.65. The minimum atomic E-state index is -5.25. The van der Waals surface area contributed by atoms with Crippen molar-refractivity contribution in [3.63, 3.8) is 0 Å². The van der Waals surface area contributed by atoms with Gasteiger partial charge in [0.1, 0.15) is 5.82 Å². The van der Waals surface area contributed by atoms with E-state index in [0.717, 1.165) is 24.3 Å². The Morgan fingerprint density at radius 3 is 2.49 bits per heavy atom. The Morgan fingerprint density at radius 1 is 1.14 bits per heavy atom. The predicted octanol–water partition coefficient (Wildman–Crippen LogP) is 5.73. The second-order valence-corrected chi connectivity index (χ2v) is 12.3. The lowest BCUT2D eigenvalue weighted by molar-refractivity contribution is -0.235. The Labute approximate surface area is 255 Å². The molecule has 0 radical (unpaired) electrons. The smallest absolute Gasteiger partial charge is 0.374 e. The van der Waals surface area contributed by atoms with E-state index in [1.54, 1.807) is 42.3 Å². The number of carbonyl (C=O) groups is 3. The van der Waals surface area contributed by atoms with Gasteiger partial charge in [0.15, 0.2) is 5.50 Å². The summed E-state index contributed by atoms with van der Waals surface area (Å²) >= 11 is 7.16. The van der Waals surface area contributed by atoms with E-state index < -0.39 is 29.4 Å². The molecule has 2 amide bonds. The largest absolute Gasteiger partial charge is 0.493 e. The summed E-state index contributed by atoms with van der Waals surface area (Å²) in [5.41, 5.74) is 0.230. The Morgan fingerprint density at radius 2 is 1.86 bits per heavy atom. The third kappa shape index (κ3) is 6.72. The number of halogens is 5. The zero-order chi connectivity index (χ0) is 30.9. The summed E-state index contributed by atoms with van der Waals surface area (Å²) in [4.78, 5) is 48.9. The first kappa shape index (κ1) is 31.0. The van der Waals surface area contributed by atoms with E-state index in [-0.39, 0.29) is 59.9 Å². The molecule has 0 saturated heterocycles. The average Bonchev–Trinajstić information content (AvgIpc) is 2.96. The van der Waals surface area contributed by atoms with Crippen LogP contribution in [0.2, 0.25) is 5.02 Å². The molecule has 0 spiro atoms. The lowest BCUT2D eigenvalue weighted by Crippen LogP contribution is -2.59. The van der Waals surface area contributed by atoms with Gasteiger partial charge < -0.3 is 14.6 Å². The zero-order valence-corrected chi connectivity index (χ0v) is 24.7. The van der Waals surface area contributed by atoms with Crippen LogP contribution in [0, 0.1) is 5.82 Å². The first-order valence-electron chi connectivity index (χ1n) is 13.7. The molecule has 2 heterocycles. The van der Waals surface area contributed by atoms with Crippen LogP contribution in [0.3, 0.4) is 0 Å². The van der Waals surface area contributed by atoms with E-state index in [9.17, 15) is 31.9 Å². The quantitative estimate of drug-likeness (QED) is 0.341. The summed E-state index contributed by atoms with van der Waals surface area (Å²) in [5, 5.41) is 0.957. The van der Waals surface area contributed by atoms with Crippen LogP contribution < -0.4 is 9.80 Å². The molecule has 1 saturated carbocycles. The van der Waals surface area contributed by atoms with E-state index in [1.165, 1.54) is 39.8 Å². The number of nitrogens with zero attached hydrogens (tertiary/aromatic N) is 4. The second kappa shape index (κ2) is 12.7. The standard InChI is InChI=1S/C29H29ClF4N4O4S/c1-35(19-10-11-23(31)22(30)16-19)14-13-25(39)36-15-12-24-21(17-36)26(40)37(18-6-3-2-4-7-18)28(43-20-8-5-9-20)38(24)42-27(41)29(32,33)34/h2-4,6-7,10-11,16,20,28H,5,8-9,12-15,17H2,1H3. The summed E-state index contributed by atoms with van der Waals surface area (Å²) in [7, 11) is 1.73. The molecular formula is C29H29ClF4N4O4S. The Balaban J connectivity index is 1.40. The number of carbonyl (C=O) groups excluding carboxylic acids is 3. The Kier molecular flexibility index (Phi) is 9.12. The van der Waals surface area contributed by atoms with Crippen molar-refractivity contribution in [2.24, 2.45) is 0 Å². The molecule has 3 aliphatic rings. The molecule has 0 N–H and O–H groups in total. The molecule has 1 aliphatic carbocycles. The van der Waals surface area contributed by atoms with Crippen molar-refractivity contribution >= 4 is 52.5 Å². The highest BCUT2D eigenvalue weighted by atomic mass is 35.5. The molecule has 1 unspecified atom stereocenters. The number of thioether (sulfide) groups is 1. The van der Waals surface area contributed by atoms with E-state index in [1.807, 2.05) is 0 Å². The van der Waals surface area contributed by atoms with Crippen molar-refractivity contribution < 1.29 is 36.8 Å². The number of amides is 2. The minimum Gasteiger partial charge on any atom is -0.374 e. The Hall–Kier alpha value is -3.45. The van der Waals surface area contributed by atoms with Crippen LogP contribution in [0.5, 0.6) is 0 Å². The number of benzene rings is 2. The van der Waals surface area contributed by atoms with Crippen LogP contribution in [-0.4, -0.2) is 71.4 Å². The highest BCUT2D eigenvalue weighted by Gasteiger charge is 2.50. The highest BCUT2D eigenvalue weighted by Crippen LogP contribution is 2.44. The van der Waals surface area contributed by atoms with Gasteiger partial charge in [-0.15, -0.1) is 11.8 Å². The van der Waals surface area contributed by atoms with Crippen LogP contribution >= 0.6 is 23.4 Å². The predicted molar refractivity (Wildman–Crippen MR) is 154 cm³/mol. The maximum Gasteiger partial charge on any atom is 0.493 e. The monoisotopic (exact) mass is 640 g/mol. The van der Waals surface area contributed by atoms with Gasteiger partial charge in [0.2, 0.25) is 5.91 Å². The normalized spacial score (nSPS) is 19.3. The fourth-order valence-electron chi connectivity index (χ4n) is 5.03. The third-order valence-corrected chi connectivity index (χ3v) is 9.44. The molecule has 0 aromatic heterocycles. The van der Waals surface area contributed by atoms with E-state index in [2.05, 4.69) is 0 Å². The average molecular weight is 641 g/mol. The van der Waals surface area contributed by atoms with Gasteiger partial charge in [-0.2, -0.15) is 18.2 Å². The van der Waals surface area contributed by atoms with Gasteiger partial charge in [0.25, 0.3) is 5.91 Å². The van der Waals surface area contributed by atoms with Gasteiger partial charge in [-0.3, -0.25) is 14.5 Å². The second-order valence-electron chi connectivity index (χ2n) is 10.5. The van der Waals surface area contributed by atoms with Crippen LogP contribution in [-0.2, 0) is 19.2 Å². The van der Waals surface area contributed by atoms with Crippen molar-refractivity contribution in [1.29, 1.82) is 0 Å². The van der Waals surface area contributed by atoms with Gasteiger partial charge in [0, 0.05) is 49.6 Å². The molecule has 230 valence electrons. The van der Waals surface area contributed by atoms with Crippen molar-refractivity contribution in [3.8, 4) is 0 Å². The zero-order valence-electron chi connectivity index (χ0n) is 23.2. The van der Waals surface area contributed by atoms with Crippen molar-refractivity contribution in [2.45, 2.75) is 49.0 Å². The molecule has 0 bridgehead atoms. The summed E-state index contributed by atoms with van der Waals surface area (Å²) in [6.07, 6.45) is -2.57. The maximum absolute atomic E-state index is 14.0. The van der Waals surface area contributed by atoms with Crippen LogP contribution in [0.4, 0.5) is 28.9 Å². The minimum absolute atomic E-state index is 0.0196. The number of para-hydroxylation sites is 1. The van der Waals surface area contributed by atoms with E-state index >= 15 is 0 Å². The molecule has 2 aromatic carbocycles. The maximum atomic E-state index is 14.0. The van der Waals surface area contributed by atoms with Crippen molar-refractivity contribution in [1.82, 2.24) is 9.96 Å². The molecule has 1 atom stereocenters. The van der Waals surface area contributed by atoms with Crippen LogP contribution in [0.1, 0.15) is 32.1 Å².